The quantitative estimate of drug-likeness (QED) is 0.818. The van der Waals surface area contributed by atoms with Crippen LogP contribution in [0.3, 0.4) is 0 Å². The Morgan fingerprint density at radius 2 is 2.21 bits per heavy atom. The maximum absolute atomic E-state index is 12.4. The molecule has 2 rings (SSSR count). The smallest absolute Gasteiger partial charge is 0.261 e. The summed E-state index contributed by atoms with van der Waals surface area (Å²) < 4.78 is 1.70. The minimum atomic E-state index is 0.00959. The zero-order valence-corrected chi connectivity index (χ0v) is 11.7. The van der Waals surface area contributed by atoms with Crippen molar-refractivity contribution in [3.63, 3.8) is 0 Å². The summed E-state index contributed by atoms with van der Waals surface area (Å²) in [5, 5.41) is 0.631. The summed E-state index contributed by atoms with van der Waals surface area (Å²) in [5.74, 6) is 0. The molecule has 0 saturated carbocycles. The van der Waals surface area contributed by atoms with E-state index in [4.69, 9.17) is 0 Å². The van der Waals surface area contributed by atoms with Crippen molar-refractivity contribution in [2.45, 2.75) is 32.4 Å². The van der Waals surface area contributed by atoms with Crippen LogP contribution in [-0.2, 0) is 6.54 Å². The van der Waals surface area contributed by atoms with Gasteiger partial charge < -0.3 is 4.90 Å². The third-order valence-electron chi connectivity index (χ3n) is 3.39. The minimum Gasteiger partial charge on any atom is -0.305 e. The van der Waals surface area contributed by atoms with Gasteiger partial charge in [-0.15, -0.1) is 0 Å². The molecule has 19 heavy (non-hydrogen) atoms. The van der Waals surface area contributed by atoms with Crippen LogP contribution in [0.25, 0.3) is 10.9 Å². The highest BCUT2D eigenvalue weighted by molar-refractivity contribution is 5.75. The predicted molar refractivity (Wildman–Crippen MR) is 76.2 cm³/mol. The van der Waals surface area contributed by atoms with Crippen molar-refractivity contribution in [2.24, 2.45) is 0 Å². The summed E-state index contributed by atoms with van der Waals surface area (Å²) in [7, 11) is 4.09. The monoisotopic (exact) mass is 260 g/mol. The SMILES string of the molecule is CCC[C@@H](Cn1cnc2cnccc2c1=O)N(C)C. The van der Waals surface area contributed by atoms with E-state index in [9.17, 15) is 4.79 Å². The van der Waals surface area contributed by atoms with Gasteiger partial charge in [0.2, 0.25) is 0 Å². The molecular weight excluding hydrogens is 240 g/mol. The molecule has 5 heteroatoms. The van der Waals surface area contributed by atoms with Crippen LogP contribution >= 0.6 is 0 Å². The van der Waals surface area contributed by atoms with Gasteiger partial charge in [0, 0.05) is 18.8 Å². The molecule has 0 bridgehead atoms. The number of pyridine rings is 1. The van der Waals surface area contributed by atoms with E-state index < -0.39 is 0 Å². The van der Waals surface area contributed by atoms with E-state index in [2.05, 4.69) is 21.8 Å². The normalized spacial score (nSPS) is 13.1. The largest absolute Gasteiger partial charge is 0.305 e. The van der Waals surface area contributed by atoms with Gasteiger partial charge >= 0.3 is 0 Å². The van der Waals surface area contributed by atoms with Gasteiger partial charge in [-0.1, -0.05) is 13.3 Å². The zero-order valence-electron chi connectivity index (χ0n) is 11.7. The molecule has 2 heterocycles. The van der Waals surface area contributed by atoms with Gasteiger partial charge in [-0.05, 0) is 26.6 Å². The van der Waals surface area contributed by atoms with Crippen LogP contribution in [0.2, 0.25) is 0 Å². The van der Waals surface area contributed by atoms with Crippen molar-refractivity contribution in [3.05, 3.63) is 35.1 Å². The molecule has 0 amide bonds. The highest BCUT2D eigenvalue weighted by atomic mass is 16.1. The average Bonchev–Trinajstić information content (AvgIpc) is 2.41. The molecule has 2 aromatic rings. The molecule has 0 spiro atoms. The molecular formula is C14H20N4O. The van der Waals surface area contributed by atoms with Crippen LogP contribution < -0.4 is 5.56 Å². The van der Waals surface area contributed by atoms with Crippen molar-refractivity contribution in [1.29, 1.82) is 0 Å². The fourth-order valence-electron chi connectivity index (χ4n) is 2.21. The Kier molecular flexibility index (Phi) is 4.27. The fraction of sp³-hybridized carbons (Fsp3) is 0.500. The van der Waals surface area contributed by atoms with Crippen molar-refractivity contribution in [3.8, 4) is 0 Å². The molecule has 0 radical (unpaired) electrons. The van der Waals surface area contributed by atoms with Crippen LogP contribution in [0.1, 0.15) is 19.8 Å². The Hall–Kier alpha value is -1.75. The molecule has 0 saturated heterocycles. The number of hydrogen-bond acceptors (Lipinski definition) is 4. The third-order valence-corrected chi connectivity index (χ3v) is 3.39. The summed E-state index contributed by atoms with van der Waals surface area (Å²) in [5.41, 5.74) is 0.663. The molecule has 0 N–H and O–H groups in total. The molecule has 0 aliphatic heterocycles. The Bertz CT molecular complexity index is 606. The van der Waals surface area contributed by atoms with E-state index in [1.165, 1.54) is 0 Å². The summed E-state index contributed by atoms with van der Waals surface area (Å²) in [4.78, 5) is 22.8. The maximum Gasteiger partial charge on any atom is 0.261 e. The first-order valence-electron chi connectivity index (χ1n) is 6.59. The maximum atomic E-state index is 12.4. The fourth-order valence-corrected chi connectivity index (χ4v) is 2.21. The van der Waals surface area contributed by atoms with Gasteiger partial charge in [0.25, 0.3) is 5.56 Å². The van der Waals surface area contributed by atoms with Crippen molar-refractivity contribution in [2.75, 3.05) is 14.1 Å². The highest BCUT2D eigenvalue weighted by Crippen LogP contribution is 2.07. The van der Waals surface area contributed by atoms with Crippen LogP contribution in [-0.4, -0.2) is 39.6 Å². The molecule has 1 atom stereocenters. The lowest BCUT2D eigenvalue weighted by Gasteiger charge is -2.24. The van der Waals surface area contributed by atoms with Crippen molar-refractivity contribution in [1.82, 2.24) is 19.4 Å². The van der Waals surface area contributed by atoms with Crippen LogP contribution in [0.15, 0.2) is 29.6 Å². The highest BCUT2D eigenvalue weighted by Gasteiger charge is 2.13. The second-order valence-electron chi connectivity index (χ2n) is 5.00. The number of rotatable bonds is 5. The van der Waals surface area contributed by atoms with Crippen molar-refractivity contribution < 1.29 is 0 Å². The Labute approximate surface area is 112 Å². The van der Waals surface area contributed by atoms with Gasteiger partial charge in [0.1, 0.15) is 0 Å². The van der Waals surface area contributed by atoms with E-state index in [0.29, 0.717) is 23.5 Å². The van der Waals surface area contributed by atoms with Crippen LogP contribution in [0.5, 0.6) is 0 Å². The van der Waals surface area contributed by atoms with E-state index >= 15 is 0 Å². The van der Waals surface area contributed by atoms with E-state index in [1.807, 2.05) is 14.1 Å². The van der Waals surface area contributed by atoms with Gasteiger partial charge in [-0.25, -0.2) is 4.98 Å². The zero-order chi connectivity index (χ0) is 13.8. The summed E-state index contributed by atoms with van der Waals surface area (Å²) in [6, 6.07) is 2.08. The Balaban J connectivity index is 2.35. The number of fused-ring (bicyclic) bond motifs is 1. The topological polar surface area (TPSA) is 51.0 Å². The van der Waals surface area contributed by atoms with Gasteiger partial charge in [-0.2, -0.15) is 0 Å². The minimum absolute atomic E-state index is 0.00959. The first-order valence-corrected chi connectivity index (χ1v) is 6.59. The average molecular weight is 260 g/mol. The van der Waals surface area contributed by atoms with Crippen LogP contribution in [0.4, 0.5) is 0 Å². The Morgan fingerprint density at radius 1 is 1.42 bits per heavy atom. The van der Waals surface area contributed by atoms with E-state index in [1.54, 1.807) is 29.4 Å². The van der Waals surface area contributed by atoms with Gasteiger partial charge in [-0.3, -0.25) is 14.3 Å². The summed E-state index contributed by atoms with van der Waals surface area (Å²) >= 11 is 0. The molecule has 2 aromatic heterocycles. The molecule has 5 nitrogen and oxygen atoms in total. The summed E-state index contributed by atoms with van der Waals surface area (Å²) in [6.07, 6.45) is 7.04. The molecule has 0 aliphatic carbocycles. The molecule has 0 unspecified atom stereocenters. The predicted octanol–water partition coefficient (Wildman–Crippen LogP) is 1.52. The van der Waals surface area contributed by atoms with E-state index in [0.717, 1.165) is 12.8 Å². The molecule has 102 valence electrons. The standard InChI is InChI=1S/C14H20N4O/c1-4-5-11(17(2)3)9-18-10-16-13-8-15-7-6-12(13)14(18)19/h6-8,10-11H,4-5,9H2,1-3H3/t11-/m0/s1. The first-order chi connectivity index (χ1) is 9.13. The summed E-state index contributed by atoms with van der Waals surface area (Å²) in [6.45, 7) is 2.83. The first kappa shape index (κ1) is 13.7. The third kappa shape index (κ3) is 2.98. The Morgan fingerprint density at radius 3 is 2.89 bits per heavy atom. The second kappa shape index (κ2) is 5.93. The number of nitrogens with zero attached hydrogens (tertiary/aromatic N) is 4. The van der Waals surface area contributed by atoms with Gasteiger partial charge in [0.05, 0.1) is 23.4 Å². The van der Waals surface area contributed by atoms with E-state index in [-0.39, 0.29) is 5.56 Å². The lowest BCUT2D eigenvalue weighted by Crippen LogP contribution is -2.35. The lowest BCUT2D eigenvalue weighted by molar-refractivity contribution is 0.246. The number of hydrogen-bond donors (Lipinski definition) is 0. The second-order valence-corrected chi connectivity index (χ2v) is 5.00. The number of aromatic nitrogens is 3. The van der Waals surface area contributed by atoms with Crippen molar-refractivity contribution >= 4 is 10.9 Å². The number of likely N-dealkylation sites (N-methyl/N-ethyl adjacent to an activating group) is 1. The lowest BCUT2D eigenvalue weighted by atomic mass is 10.1. The van der Waals surface area contributed by atoms with Gasteiger partial charge in [0.15, 0.2) is 0 Å². The molecule has 0 fully saturated rings. The van der Waals surface area contributed by atoms with Crippen LogP contribution in [0, 0.1) is 0 Å². The molecule has 0 aliphatic rings. The molecule has 0 aromatic carbocycles.